The van der Waals surface area contributed by atoms with Gasteiger partial charge in [0, 0.05) is 23.0 Å². The van der Waals surface area contributed by atoms with Crippen LogP contribution >= 0.6 is 22.9 Å². The number of aromatic nitrogens is 2. The number of carbonyl (C=O) groups excluding carboxylic acids is 1. The van der Waals surface area contributed by atoms with Gasteiger partial charge in [0.05, 0.1) is 10.6 Å². The molecule has 0 aliphatic carbocycles. The minimum absolute atomic E-state index is 0.0859. The quantitative estimate of drug-likeness (QED) is 0.606. The smallest absolute Gasteiger partial charge is 0.316 e. The van der Waals surface area contributed by atoms with Crippen molar-refractivity contribution >= 4 is 44.6 Å². The molecule has 0 spiro atoms. The predicted molar refractivity (Wildman–Crippen MR) is 114 cm³/mol. The van der Waals surface area contributed by atoms with E-state index in [1.165, 1.54) is 17.4 Å². The van der Waals surface area contributed by atoms with Crippen LogP contribution in [0.2, 0.25) is 5.02 Å². The summed E-state index contributed by atoms with van der Waals surface area (Å²) in [4.78, 5) is 19.4. The number of amides is 1. The van der Waals surface area contributed by atoms with Gasteiger partial charge in [-0.2, -0.15) is 4.98 Å². The molecule has 0 unspecified atom stereocenters. The van der Waals surface area contributed by atoms with E-state index in [0.717, 1.165) is 12.8 Å². The zero-order valence-corrected chi connectivity index (χ0v) is 18.7. The number of carbonyl (C=O) groups is 1. The SMILES string of the molecule is Cc1cc(Cl)ccc1NS(=O)(=O)c1cc(-c2noc(C(=O)N3CCCC3)n2)sc1C. The number of hydrogen-bond donors (Lipinski definition) is 1. The number of likely N-dealkylation sites (tertiary alicyclic amines) is 1. The summed E-state index contributed by atoms with van der Waals surface area (Å²) < 4.78 is 33.6. The van der Waals surface area contributed by atoms with E-state index in [1.807, 2.05) is 0 Å². The third-order valence-corrected chi connectivity index (χ3v) is 7.72. The number of thiophene rings is 1. The fraction of sp³-hybridized carbons (Fsp3) is 0.316. The Morgan fingerprint density at radius 3 is 2.67 bits per heavy atom. The first-order valence-corrected chi connectivity index (χ1v) is 11.9. The van der Waals surface area contributed by atoms with Crippen LogP contribution in [0.25, 0.3) is 10.7 Å². The van der Waals surface area contributed by atoms with Crippen LogP contribution < -0.4 is 4.72 Å². The first-order valence-electron chi connectivity index (χ1n) is 9.27. The molecule has 3 heterocycles. The summed E-state index contributed by atoms with van der Waals surface area (Å²) in [6.45, 7) is 4.82. The number of halogens is 1. The number of aryl methyl sites for hydroxylation is 2. The van der Waals surface area contributed by atoms with Gasteiger partial charge in [-0.05, 0) is 56.5 Å². The first kappa shape index (κ1) is 20.8. The van der Waals surface area contributed by atoms with Crippen LogP contribution in [0.1, 0.15) is 34.0 Å². The molecule has 2 aromatic heterocycles. The maximum absolute atomic E-state index is 12.9. The van der Waals surface area contributed by atoms with Gasteiger partial charge in [0.25, 0.3) is 10.0 Å². The van der Waals surface area contributed by atoms with Crippen LogP contribution in [0.5, 0.6) is 0 Å². The average molecular weight is 467 g/mol. The van der Waals surface area contributed by atoms with Crippen LogP contribution in [0, 0.1) is 13.8 Å². The largest absolute Gasteiger partial charge is 0.334 e. The van der Waals surface area contributed by atoms with Crippen molar-refractivity contribution in [2.45, 2.75) is 31.6 Å². The van der Waals surface area contributed by atoms with Crippen molar-refractivity contribution in [3.8, 4) is 10.7 Å². The molecule has 0 bridgehead atoms. The number of benzene rings is 1. The Hall–Kier alpha value is -2.43. The molecule has 0 atom stereocenters. The Bertz CT molecular complexity index is 1210. The van der Waals surface area contributed by atoms with Crippen molar-refractivity contribution in [1.29, 1.82) is 0 Å². The summed E-state index contributed by atoms with van der Waals surface area (Å²) in [5.74, 6) is -0.195. The highest BCUT2D eigenvalue weighted by Gasteiger charge is 2.27. The zero-order chi connectivity index (χ0) is 21.5. The van der Waals surface area contributed by atoms with Crippen LogP contribution in [0.4, 0.5) is 5.69 Å². The predicted octanol–water partition coefficient (Wildman–Crippen LogP) is 4.11. The lowest BCUT2D eigenvalue weighted by Gasteiger charge is -2.10. The number of nitrogens with zero attached hydrogens (tertiary/aromatic N) is 3. The van der Waals surface area contributed by atoms with Gasteiger partial charge < -0.3 is 9.42 Å². The molecule has 1 fully saturated rings. The Balaban J connectivity index is 1.59. The van der Waals surface area contributed by atoms with Crippen LogP contribution in [0.3, 0.4) is 0 Å². The van der Waals surface area contributed by atoms with Gasteiger partial charge in [0.1, 0.15) is 4.90 Å². The minimum atomic E-state index is -3.83. The number of sulfonamides is 1. The molecule has 1 N–H and O–H groups in total. The fourth-order valence-electron chi connectivity index (χ4n) is 3.25. The Labute approximate surface area is 182 Å². The molecule has 1 saturated heterocycles. The van der Waals surface area contributed by atoms with Gasteiger partial charge >= 0.3 is 11.8 Å². The normalized spacial score (nSPS) is 14.3. The maximum atomic E-state index is 12.9. The van der Waals surface area contributed by atoms with E-state index in [0.29, 0.717) is 39.1 Å². The Morgan fingerprint density at radius 1 is 1.23 bits per heavy atom. The highest BCUT2D eigenvalue weighted by molar-refractivity contribution is 7.93. The number of anilines is 1. The number of hydrogen-bond acceptors (Lipinski definition) is 7. The van der Waals surface area contributed by atoms with Crippen molar-refractivity contribution in [3.63, 3.8) is 0 Å². The van der Waals surface area contributed by atoms with E-state index < -0.39 is 10.0 Å². The molecule has 11 heteroatoms. The maximum Gasteiger partial charge on any atom is 0.316 e. The molecule has 0 radical (unpaired) electrons. The van der Waals surface area contributed by atoms with E-state index in [2.05, 4.69) is 14.9 Å². The van der Waals surface area contributed by atoms with Gasteiger partial charge in [-0.25, -0.2) is 8.42 Å². The fourth-order valence-corrected chi connectivity index (χ4v) is 6.13. The van der Waals surface area contributed by atoms with Crippen LogP contribution in [-0.4, -0.2) is 42.5 Å². The third kappa shape index (κ3) is 4.07. The van der Waals surface area contributed by atoms with Gasteiger partial charge in [0.15, 0.2) is 0 Å². The number of nitrogens with one attached hydrogen (secondary N) is 1. The van der Waals surface area contributed by atoms with Crippen molar-refractivity contribution in [1.82, 2.24) is 15.0 Å². The molecule has 158 valence electrons. The van der Waals surface area contributed by atoms with Crippen LogP contribution in [-0.2, 0) is 10.0 Å². The standard InChI is InChI=1S/C19H19ClN4O4S2/c1-11-9-13(20)5-6-14(11)23-30(26,27)16-10-15(29-12(16)2)17-21-18(28-22-17)19(25)24-7-3-4-8-24/h5-6,9-10,23H,3-4,7-8H2,1-2H3. The molecule has 8 nitrogen and oxygen atoms in total. The van der Waals surface area contributed by atoms with Crippen molar-refractivity contribution in [3.05, 3.63) is 45.6 Å². The molecule has 0 saturated carbocycles. The minimum Gasteiger partial charge on any atom is -0.334 e. The highest BCUT2D eigenvalue weighted by Crippen LogP contribution is 2.33. The monoisotopic (exact) mass is 466 g/mol. The van der Waals surface area contributed by atoms with Gasteiger partial charge in [-0.1, -0.05) is 16.8 Å². The zero-order valence-electron chi connectivity index (χ0n) is 16.3. The summed E-state index contributed by atoms with van der Waals surface area (Å²) in [6.07, 6.45) is 1.91. The van der Waals surface area contributed by atoms with Crippen LogP contribution in [0.15, 0.2) is 33.7 Å². The lowest BCUT2D eigenvalue weighted by Crippen LogP contribution is -2.27. The summed E-state index contributed by atoms with van der Waals surface area (Å²) in [7, 11) is -3.83. The van der Waals surface area contributed by atoms with E-state index in [1.54, 1.807) is 36.9 Å². The van der Waals surface area contributed by atoms with Crippen molar-refractivity contribution in [2.75, 3.05) is 17.8 Å². The highest BCUT2D eigenvalue weighted by atomic mass is 35.5. The Kier molecular flexibility index (Phi) is 5.56. The van der Waals surface area contributed by atoms with E-state index in [9.17, 15) is 13.2 Å². The second-order valence-corrected chi connectivity index (χ2v) is 10.4. The molecule has 3 aromatic rings. The summed E-state index contributed by atoms with van der Waals surface area (Å²) in [6, 6.07) is 6.41. The van der Waals surface area contributed by atoms with E-state index >= 15 is 0 Å². The molecule has 4 rings (SSSR count). The average Bonchev–Trinajstić information content (AvgIpc) is 3.43. The molecule has 1 amide bonds. The molecule has 1 aliphatic rings. The molecule has 1 aliphatic heterocycles. The van der Waals surface area contributed by atoms with Gasteiger partial charge in [-0.15, -0.1) is 11.3 Å². The second kappa shape index (κ2) is 8.01. The first-order chi connectivity index (χ1) is 14.2. The van der Waals surface area contributed by atoms with Gasteiger partial charge in [-0.3, -0.25) is 9.52 Å². The number of rotatable bonds is 5. The topological polar surface area (TPSA) is 105 Å². The molecular formula is C19H19ClN4O4S2. The van der Waals surface area contributed by atoms with Gasteiger partial charge in [0.2, 0.25) is 5.82 Å². The summed E-state index contributed by atoms with van der Waals surface area (Å²) in [5.41, 5.74) is 1.16. The Morgan fingerprint density at radius 2 is 1.97 bits per heavy atom. The van der Waals surface area contributed by atoms with Crippen molar-refractivity contribution < 1.29 is 17.7 Å². The van der Waals surface area contributed by atoms with Crippen molar-refractivity contribution in [2.24, 2.45) is 0 Å². The molecule has 1 aromatic carbocycles. The van der Waals surface area contributed by atoms with E-state index in [-0.39, 0.29) is 22.5 Å². The third-order valence-electron chi connectivity index (χ3n) is 4.82. The second-order valence-electron chi connectivity index (χ2n) is 7.02. The lowest BCUT2D eigenvalue weighted by atomic mass is 10.2. The lowest BCUT2D eigenvalue weighted by molar-refractivity contribution is 0.0743. The summed E-state index contributed by atoms with van der Waals surface area (Å²) >= 11 is 7.16. The molecule has 30 heavy (non-hydrogen) atoms. The summed E-state index contributed by atoms with van der Waals surface area (Å²) in [5, 5.41) is 4.40. The van der Waals surface area contributed by atoms with E-state index in [4.69, 9.17) is 16.1 Å². The molecular weight excluding hydrogens is 448 g/mol.